The number of β-lactam (4-membered cyclic amide) rings is 1. The molecule has 1 heterocycles. The Bertz CT molecular complexity index is 305. The monoisotopic (exact) mass is 162 g/mol. The molecule has 3 heteroatoms. The predicted molar refractivity (Wildman–Crippen MR) is 47.8 cm³/mol. The third-order valence-electron chi connectivity index (χ3n) is 2.06. The van der Waals surface area contributed by atoms with E-state index in [1.54, 1.807) is 17.0 Å². The number of carbonyl (C=O) groups is 1. The largest absolute Gasteiger partial charge is 0.399 e. The molecule has 1 amide bonds. The van der Waals surface area contributed by atoms with Gasteiger partial charge in [0.15, 0.2) is 0 Å². The summed E-state index contributed by atoms with van der Waals surface area (Å²) in [6.07, 6.45) is 0.671. The van der Waals surface area contributed by atoms with E-state index in [1.807, 2.05) is 12.1 Å². The number of hydrogen-bond acceptors (Lipinski definition) is 2. The third kappa shape index (κ3) is 1.03. The summed E-state index contributed by atoms with van der Waals surface area (Å²) in [6.45, 7) is 0.836. The van der Waals surface area contributed by atoms with Gasteiger partial charge in [0.05, 0.1) is 0 Å². The molecule has 0 aromatic heterocycles. The van der Waals surface area contributed by atoms with Crippen LogP contribution in [-0.4, -0.2) is 12.5 Å². The Hall–Kier alpha value is -1.51. The van der Waals surface area contributed by atoms with Gasteiger partial charge in [-0.15, -0.1) is 0 Å². The number of nitrogen functional groups attached to an aromatic ring is 1. The molecule has 0 bridgehead atoms. The van der Waals surface area contributed by atoms with Crippen molar-refractivity contribution in [3.63, 3.8) is 0 Å². The highest BCUT2D eigenvalue weighted by molar-refractivity contribution is 5.99. The van der Waals surface area contributed by atoms with Gasteiger partial charge < -0.3 is 10.6 Å². The number of nitrogens with two attached hydrogens (primary N) is 1. The number of anilines is 2. The SMILES string of the molecule is Nc1ccc(N2CCC2=O)cc1. The summed E-state index contributed by atoms with van der Waals surface area (Å²) < 4.78 is 0. The van der Waals surface area contributed by atoms with E-state index in [9.17, 15) is 4.79 Å². The first-order valence-corrected chi connectivity index (χ1v) is 3.93. The molecule has 0 unspecified atom stereocenters. The number of benzene rings is 1. The van der Waals surface area contributed by atoms with Gasteiger partial charge in [-0.1, -0.05) is 0 Å². The van der Waals surface area contributed by atoms with Crippen molar-refractivity contribution in [1.29, 1.82) is 0 Å². The van der Waals surface area contributed by atoms with E-state index >= 15 is 0 Å². The van der Waals surface area contributed by atoms with Crippen LogP contribution in [0.1, 0.15) is 6.42 Å². The van der Waals surface area contributed by atoms with Crippen molar-refractivity contribution in [1.82, 2.24) is 0 Å². The van der Waals surface area contributed by atoms with Crippen molar-refractivity contribution >= 4 is 17.3 Å². The lowest BCUT2D eigenvalue weighted by Crippen LogP contribution is -2.43. The highest BCUT2D eigenvalue weighted by Gasteiger charge is 2.24. The topological polar surface area (TPSA) is 46.3 Å². The van der Waals surface area contributed by atoms with Crippen molar-refractivity contribution in [2.45, 2.75) is 6.42 Å². The molecular formula is C9H10N2O. The standard InChI is InChI=1S/C9H10N2O/c10-7-1-3-8(4-2-7)11-6-5-9(11)12/h1-4H,5-6,10H2. The number of carbonyl (C=O) groups excluding carboxylic acids is 1. The van der Waals surface area contributed by atoms with Crippen LogP contribution in [0.15, 0.2) is 24.3 Å². The minimum absolute atomic E-state index is 0.194. The Morgan fingerprint density at radius 1 is 1.25 bits per heavy atom. The second kappa shape index (κ2) is 2.52. The molecule has 0 saturated carbocycles. The minimum Gasteiger partial charge on any atom is -0.399 e. The van der Waals surface area contributed by atoms with Crippen LogP contribution in [0.2, 0.25) is 0 Å². The van der Waals surface area contributed by atoms with Gasteiger partial charge in [0, 0.05) is 24.3 Å². The van der Waals surface area contributed by atoms with Gasteiger partial charge in [0.1, 0.15) is 0 Å². The number of rotatable bonds is 1. The summed E-state index contributed by atoms with van der Waals surface area (Å²) in [5, 5.41) is 0. The summed E-state index contributed by atoms with van der Waals surface area (Å²) in [7, 11) is 0. The van der Waals surface area contributed by atoms with E-state index in [-0.39, 0.29) is 5.91 Å². The van der Waals surface area contributed by atoms with Crippen LogP contribution in [-0.2, 0) is 4.79 Å². The number of amides is 1. The van der Waals surface area contributed by atoms with Crippen LogP contribution in [0.5, 0.6) is 0 Å². The Labute approximate surface area is 70.8 Å². The van der Waals surface area contributed by atoms with Gasteiger partial charge in [0.25, 0.3) is 0 Å². The highest BCUT2D eigenvalue weighted by atomic mass is 16.2. The normalized spacial score (nSPS) is 16.0. The zero-order chi connectivity index (χ0) is 8.55. The molecule has 1 aliphatic heterocycles. The van der Waals surface area contributed by atoms with Crippen LogP contribution in [0.4, 0.5) is 11.4 Å². The molecule has 0 atom stereocenters. The molecule has 1 fully saturated rings. The molecule has 1 saturated heterocycles. The number of nitrogens with zero attached hydrogens (tertiary/aromatic N) is 1. The molecule has 2 rings (SSSR count). The Balaban J connectivity index is 2.23. The fourth-order valence-corrected chi connectivity index (χ4v) is 1.24. The Morgan fingerprint density at radius 2 is 1.92 bits per heavy atom. The molecule has 1 aliphatic rings. The van der Waals surface area contributed by atoms with Crippen molar-refractivity contribution in [3.05, 3.63) is 24.3 Å². The second-order valence-corrected chi connectivity index (χ2v) is 2.89. The van der Waals surface area contributed by atoms with Crippen molar-refractivity contribution in [3.8, 4) is 0 Å². The highest BCUT2D eigenvalue weighted by Crippen LogP contribution is 2.22. The van der Waals surface area contributed by atoms with Crippen LogP contribution >= 0.6 is 0 Å². The van der Waals surface area contributed by atoms with Gasteiger partial charge in [-0.2, -0.15) is 0 Å². The summed E-state index contributed by atoms with van der Waals surface area (Å²) in [5.41, 5.74) is 7.19. The fraction of sp³-hybridized carbons (Fsp3) is 0.222. The molecule has 62 valence electrons. The van der Waals surface area contributed by atoms with Gasteiger partial charge in [0.2, 0.25) is 5.91 Å². The quantitative estimate of drug-likeness (QED) is 0.494. The van der Waals surface area contributed by atoms with Crippen LogP contribution < -0.4 is 10.6 Å². The van der Waals surface area contributed by atoms with E-state index in [4.69, 9.17) is 5.73 Å². The average Bonchev–Trinajstić information content (AvgIpc) is 2.06. The van der Waals surface area contributed by atoms with Gasteiger partial charge in [-0.05, 0) is 24.3 Å². The second-order valence-electron chi connectivity index (χ2n) is 2.89. The lowest BCUT2D eigenvalue weighted by Gasteiger charge is -2.30. The van der Waals surface area contributed by atoms with Crippen LogP contribution in [0.25, 0.3) is 0 Å². The lowest BCUT2D eigenvalue weighted by atomic mass is 10.1. The zero-order valence-corrected chi connectivity index (χ0v) is 6.66. The van der Waals surface area contributed by atoms with Crippen molar-refractivity contribution in [2.24, 2.45) is 0 Å². The molecule has 0 spiro atoms. The molecule has 1 aromatic carbocycles. The molecule has 1 aromatic rings. The summed E-state index contributed by atoms with van der Waals surface area (Å²) in [5.74, 6) is 0.194. The van der Waals surface area contributed by atoms with Gasteiger partial charge in [-0.25, -0.2) is 0 Å². The lowest BCUT2D eigenvalue weighted by molar-refractivity contribution is -0.122. The maximum absolute atomic E-state index is 11.0. The molecule has 2 N–H and O–H groups in total. The molecular weight excluding hydrogens is 152 g/mol. The number of hydrogen-bond donors (Lipinski definition) is 1. The molecule has 3 nitrogen and oxygen atoms in total. The van der Waals surface area contributed by atoms with E-state index in [2.05, 4.69) is 0 Å². The zero-order valence-electron chi connectivity index (χ0n) is 6.66. The van der Waals surface area contributed by atoms with Gasteiger partial charge >= 0.3 is 0 Å². The van der Waals surface area contributed by atoms with Crippen molar-refractivity contribution < 1.29 is 4.79 Å². The summed E-state index contributed by atoms with van der Waals surface area (Å²) >= 11 is 0. The minimum atomic E-state index is 0.194. The van der Waals surface area contributed by atoms with Crippen LogP contribution in [0.3, 0.4) is 0 Å². The van der Waals surface area contributed by atoms with E-state index in [0.717, 1.165) is 17.9 Å². The average molecular weight is 162 g/mol. The first-order chi connectivity index (χ1) is 5.77. The fourth-order valence-electron chi connectivity index (χ4n) is 1.24. The van der Waals surface area contributed by atoms with Gasteiger partial charge in [-0.3, -0.25) is 4.79 Å². The Morgan fingerprint density at radius 3 is 2.33 bits per heavy atom. The van der Waals surface area contributed by atoms with Crippen LogP contribution in [0, 0.1) is 0 Å². The van der Waals surface area contributed by atoms with Crippen molar-refractivity contribution in [2.75, 3.05) is 17.2 Å². The van der Waals surface area contributed by atoms with E-state index in [1.165, 1.54) is 0 Å². The maximum atomic E-state index is 11.0. The Kier molecular flexibility index (Phi) is 1.50. The molecule has 0 aliphatic carbocycles. The summed E-state index contributed by atoms with van der Waals surface area (Å²) in [6, 6.07) is 7.35. The maximum Gasteiger partial charge on any atom is 0.228 e. The first kappa shape index (κ1) is 7.16. The summed E-state index contributed by atoms with van der Waals surface area (Å²) in [4.78, 5) is 12.8. The first-order valence-electron chi connectivity index (χ1n) is 3.93. The third-order valence-corrected chi connectivity index (χ3v) is 2.06. The predicted octanol–water partition coefficient (Wildman–Crippen LogP) is 1.01. The molecule has 12 heavy (non-hydrogen) atoms. The van der Waals surface area contributed by atoms with E-state index < -0.39 is 0 Å². The molecule has 0 radical (unpaired) electrons. The smallest absolute Gasteiger partial charge is 0.228 e. The van der Waals surface area contributed by atoms with E-state index in [0.29, 0.717) is 6.42 Å².